The predicted molar refractivity (Wildman–Crippen MR) is 117 cm³/mol. The molecule has 0 bridgehead atoms. The number of nitrogens with zero attached hydrogens (tertiary/aromatic N) is 2. The number of urea groups is 1. The summed E-state index contributed by atoms with van der Waals surface area (Å²) in [5.74, 6) is 0.605. The number of hydrogen-bond donors (Lipinski definition) is 4. The highest BCUT2D eigenvalue weighted by Gasteiger charge is 2.15. The van der Waals surface area contributed by atoms with Crippen LogP contribution in [0, 0.1) is 5.82 Å². The van der Waals surface area contributed by atoms with Crippen LogP contribution in [0.2, 0.25) is 0 Å². The molecule has 158 valence electrons. The Kier molecular flexibility index (Phi) is 6.04. The molecule has 9 heteroatoms. The maximum absolute atomic E-state index is 13.1. The minimum atomic E-state index is -0.401. The van der Waals surface area contributed by atoms with Crippen LogP contribution >= 0.6 is 0 Å². The van der Waals surface area contributed by atoms with Crippen molar-refractivity contribution in [1.82, 2.24) is 20.5 Å². The Hall–Kier alpha value is -3.98. The van der Waals surface area contributed by atoms with E-state index < -0.39 is 6.03 Å². The first kappa shape index (κ1) is 20.3. The topological polar surface area (TPSA) is 104 Å². The van der Waals surface area contributed by atoms with Gasteiger partial charge in [0.05, 0.1) is 23.6 Å². The van der Waals surface area contributed by atoms with Crippen LogP contribution in [0.1, 0.15) is 11.6 Å². The highest BCUT2D eigenvalue weighted by molar-refractivity contribution is 5.95. The van der Waals surface area contributed by atoms with Gasteiger partial charge in [0, 0.05) is 25.1 Å². The molecule has 31 heavy (non-hydrogen) atoms. The van der Waals surface area contributed by atoms with Gasteiger partial charge in [0.15, 0.2) is 5.82 Å². The summed E-state index contributed by atoms with van der Waals surface area (Å²) >= 11 is 0. The lowest BCUT2D eigenvalue weighted by atomic mass is 10.1. The van der Waals surface area contributed by atoms with Gasteiger partial charge in [-0.05, 0) is 29.8 Å². The number of aromatic amines is 1. The van der Waals surface area contributed by atoms with E-state index in [4.69, 9.17) is 4.74 Å². The fraction of sp³-hybridized carbons (Fsp3) is 0.136. The van der Waals surface area contributed by atoms with Crippen LogP contribution in [-0.4, -0.2) is 34.9 Å². The number of amides is 2. The zero-order chi connectivity index (χ0) is 21.6. The fourth-order valence-corrected chi connectivity index (χ4v) is 3.13. The van der Waals surface area contributed by atoms with Gasteiger partial charge in [0.1, 0.15) is 11.6 Å². The molecular formula is C22H21FN6O2. The largest absolute Gasteiger partial charge is 0.382 e. The molecule has 0 fully saturated rings. The number of H-pyrrole nitrogens is 1. The summed E-state index contributed by atoms with van der Waals surface area (Å²) in [6.45, 7) is 0.336. The molecular weight excluding hydrogens is 399 g/mol. The number of benzene rings is 2. The number of anilines is 3. The lowest BCUT2D eigenvalue weighted by Crippen LogP contribution is -2.35. The summed E-state index contributed by atoms with van der Waals surface area (Å²) < 4.78 is 18.3. The first-order chi connectivity index (χ1) is 15.1. The van der Waals surface area contributed by atoms with Crippen molar-refractivity contribution in [2.45, 2.75) is 6.04 Å². The van der Waals surface area contributed by atoms with Crippen LogP contribution in [0.15, 0.2) is 66.9 Å². The number of methoxy groups -OCH3 is 1. The molecule has 2 amide bonds. The molecule has 4 aromatic rings. The van der Waals surface area contributed by atoms with Crippen LogP contribution < -0.4 is 16.0 Å². The number of rotatable bonds is 7. The van der Waals surface area contributed by atoms with Crippen LogP contribution in [-0.2, 0) is 4.74 Å². The normalized spacial score (nSPS) is 11.8. The van der Waals surface area contributed by atoms with Gasteiger partial charge in [-0.15, -0.1) is 0 Å². The average Bonchev–Trinajstić information content (AvgIpc) is 3.17. The minimum Gasteiger partial charge on any atom is -0.382 e. The van der Waals surface area contributed by atoms with Crippen molar-refractivity contribution in [3.63, 3.8) is 0 Å². The standard InChI is InChI=1S/C22H21FN6O2/c1-31-13-19(14-5-3-2-4-6-14)26-22(30)27-20-11-18-17(12-24-20)21(29-28-18)25-16-9-7-15(23)8-10-16/h2-12,19H,13H2,1H3,(H2,25,28,29)(H2,24,26,27,30)/t19-/m1/s1. The van der Waals surface area contributed by atoms with Gasteiger partial charge in [0.2, 0.25) is 0 Å². The second kappa shape index (κ2) is 9.23. The van der Waals surface area contributed by atoms with Crippen molar-refractivity contribution in [3.05, 3.63) is 78.2 Å². The molecule has 0 spiro atoms. The molecule has 2 aromatic heterocycles. The van der Waals surface area contributed by atoms with E-state index in [9.17, 15) is 9.18 Å². The van der Waals surface area contributed by atoms with Crippen molar-refractivity contribution < 1.29 is 13.9 Å². The number of pyridine rings is 1. The van der Waals surface area contributed by atoms with E-state index in [0.717, 1.165) is 10.9 Å². The Bertz CT molecular complexity index is 1160. The monoisotopic (exact) mass is 420 g/mol. The summed E-state index contributed by atoms with van der Waals surface area (Å²) in [4.78, 5) is 16.8. The number of aromatic nitrogens is 3. The van der Waals surface area contributed by atoms with E-state index in [1.54, 1.807) is 31.5 Å². The average molecular weight is 420 g/mol. The van der Waals surface area contributed by atoms with Crippen molar-refractivity contribution in [2.24, 2.45) is 0 Å². The van der Waals surface area contributed by atoms with Gasteiger partial charge in [0.25, 0.3) is 0 Å². The van der Waals surface area contributed by atoms with E-state index in [2.05, 4.69) is 31.1 Å². The molecule has 1 atom stereocenters. The molecule has 2 aromatic carbocycles. The maximum atomic E-state index is 13.1. The second-order valence-electron chi connectivity index (χ2n) is 6.84. The number of carbonyl (C=O) groups excluding carboxylic acids is 1. The van der Waals surface area contributed by atoms with E-state index in [1.807, 2.05) is 30.3 Å². The molecule has 0 radical (unpaired) electrons. The fourth-order valence-electron chi connectivity index (χ4n) is 3.13. The molecule has 0 saturated carbocycles. The zero-order valence-electron chi connectivity index (χ0n) is 16.7. The van der Waals surface area contributed by atoms with Crippen molar-refractivity contribution in [3.8, 4) is 0 Å². The van der Waals surface area contributed by atoms with Crippen molar-refractivity contribution >= 4 is 34.3 Å². The number of carbonyl (C=O) groups is 1. The molecule has 0 saturated heterocycles. The summed E-state index contributed by atoms with van der Waals surface area (Å²) in [5, 5.41) is 16.6. The minimum absolute atomic E-state index is 0.298. The van der Waals surface area contributed by atoms with Crippen molar-refractivity contribution in [1.29, 1.82) is 0 Å². The van der Waals surface area contributed by atoms with Crippen LogP contribution in [0.5, 0.6) is 0 Å². The third kappa shape index (κ3) is 4.96. The summed E-state index contributed by atoms with van der Waals surface area (Å²) in [6.07, 6.45) is 1.60. The first-order valence-electron chi connectivity index (χ1n) is 9.60. The Morgan fingerprint density at radius 1 is 1.16 bits per heavy atom. The van der Waals surface area contributed by atoms with E-state index >= 15 is 0 Å². The lowest BCUT2D eigenvalue weighted by Gasteiger charge is -2.18. The molecule has 4 rings (SSSR count). The molecule has 2 heterocycles. The van der Waals surface area contributed by atoms with E-state index in [-0.39, 0.29) is 11.9 Å². The van der Waals surface area contributed by atoms with Gasteiger partial charge in [-0.25, -0.2) is 14.2 Å². The Labute approximate surface area is 177 Å². The first-order valence-corrected chi connectivity index (χ1v) is 9.60. The second-order valence-corrected chi connectivity index (χ2v) is 6.84. The van der Waals surface area contributed by atoms with Crippen LogP contribution in [0.3, 0.4) is 0 Å². The highest BCUT2D eigenvalue weighted by Crippen LogP contribution is 2.25. The third-order valence-corrected chi connectivity index (χ3v) is 4.64. The van der Waals surface area contributed by atoms with Crippen LogP contribution in [0.25, 0.3) is 10.9 Å². The predicted octanol–water partition coefficient (Wildman–Crippen LogP) is 4.35. The molecule has 0 aliphatic heterocycles. The molecule has 8 nitrogen and oxygen atoms in total. The molecule has 0 unspecified atom stereocenters. The summed E-state index contributed by atoms with van der Waals surface area (Å²) in [7, 11) is 1.58. The zero-order valence-corrected chi connectivity index (χ0v) is 16.7. The van der Waals surface area contributed by atoms with Gasteiger partial charge in [-0.1, -0.05) is 30.3 Å². The SMILES string of the molecule is COC[C@@H](NC(=O)Nc1cc2[nH]nc(Nc3ccc(F)cc3)c2cn1)c1ccccc1. The van der Waals surface area contributed by atoms with Gasteiger partial charge in [-0.2, -0.15) is 5.10 Å². The van der Waals surface area contributed by atoms with Crippen molar-refractivity contribution in [2.75, 3.05) is 24.4 Å². The smallest absolute Gasteiger partial charge is 0.320 e. The quantitative estimate of drug-likeness (QED) is 0.356. The third-order valence-electron chi connectivity index (χ3n) is 4.64. The van der Waals surface area contributed by atoms with E-state index in [1.165, 1.54) is 12.1 Å². The van der Waals surface area contributed by atoms with Gasteiger partial charge >= 0.3 is 6.03 Å². The number of hydrogen-bond acceptors (Lipinski definition) is 5. The van der Waals surface area contributed by atoms with Crippen LogP contribution in [0.4, 0.5) is 26.5 Å². The highest BCUT2D eigenvalue weighted by atomic mass is 19.1. The molecule has 0 aliphatic carbocycles. The lowest BCUT2D eigenvalue weighted by molar-refractivity contribution is 0.168. The Morgan fingerprint density at radius 3 is 2.68 bits per heavy atom. The molecule has 4 N–H and O–H groups in total. The molecule has 0 aliphatic rings. The maximum Gasteiger partial charge on any atom is 0.320 e. The summed E-state index contributed by atoms with van der Waals surface area (Å²) in [6, 6.07) is 16.5. The van der Waals surface area contributed by atoms with E-state index in [0.29, 0.717) is 29.4 Å². The number of halogens is 1. The number of nitrogens with one attached hydrogen (secondary N) is 4. The number of fused-ring (bicyclic) bond motifs is 1. The Morgan fingerprint density at radius 2 is 1.94 bits per heavy atom. The Balaban J connectivity index is 1.45. The van der Waals surface area contributed by atoms with Gasteiger partial charge < -0.3 is 15.4 Å². The number of ether oxygens (including phenoxy) is 1. The van der Waals surface area contributed by atoms with Gasteiger partial charge in [-0.3, -0.25) is 10.4 Å². The summed E-state index contributed by atoms with van der Waals surface area (Å²) in [5.41, 5.74) is 2.32.